The largest absolute Gasteiger partial charge is 0.466 e. The molecule has 1 saturated heterocycles. The summed E-state index contributed by atoms with van der Waals surface area (Å²) in [5, 5.41) is 0. The van der Waals surface area contributed by atoms with Crippen LogP contribution in [0.5, 0.6) is 0 Å². The molecule has 0 saturated carbocycles. The number of likely N-dealkylation sites (tertiary alicyclic amines) is 1. The number of ether oxygens (including phenoxy) is 1. The second-order valence-electron chi connectivity index (χ2n) is 8.13. The van der Waals surface area contributed by atoms with E-state index in [4.69, 9.17) is 4.74 Å². The first-order chi connectivity index (χ1) is 15.1. The van der Waals surface area contributed by atoms with Crippen LogP contribution in [0.1, 0.15) is 48.9 Å². The third-order valence-corrected chi connectivity index (χ3v) is 6.21. The van der Waals surface area contributed by atoms with Crippen LogP contribution in [-0.4, -0.2) is 45.9 Å². The Kier molecular flexibility index (Phi) is 6.35. The van der Waals surface area contributed by atoms with Crippen LogP contribution in [-0.2, 0) is 14.3 Å². The predicted molar refractivity (Wildman–Crippen MR) is 119 cm³/mol. The summed E-state index contributed by atoms with van der Waals surface area (Å²) >= 11 is 0. The SMILES string of the molecule is CCOC(=O)C1CCN(C(=O)CC(c2ccccc2C)c2cnc3ccccn23)CC1. The van der Waals surface area contributed by atoms with E-state index in [9.17, 15) is 9.59 Å². The first-order valence-electron chi connectivity index (χ1n) is 11.0. The van der Waals surface area contributed by atoms with Gasteiger partial charge in [0.15, 0.2) is 0 Å². The fraction of sp³-hybridized carbons (Fsp3) is 0.400. The van der Waals surface area contributed by atoms with Crippen molar-refractivity contribution in [2.75, 3.05) is 19.7 Å². The Balaban J connectivity index is 1.56. The molecule has 3 aromatic rings. The van der Waals surface area contributed by atoms with E-state index in [2.05, 4.69) is 28.4 Å². The molecule has 1 aliphatic heterocycles. The topological polar surface area (TPSA) is 63.9 Å². The van der Waals surface area contributed by atoms with E-state index in [1.807, 2.05) is 54.5 Å². The summed E-state index contributed by atoms with van der Waals surface area (Å²) in [4.78, 5) is 31.8. The van der Waals surface area contributed by atoms with Gasteiger partial charge < -0.3 is 14.0 Å². The number of esters is 1. The summed E-state index contributed by atoms with van der Waals surface area (Å²) in [6.45, 7) is 5.49. The van der Waals surface area contributed by atoms with Crippen LogP contribution >= 0.6 is 0 Å². The van der Waals surface area contributed by atoms with Crippen molar-refractivity contribution in [2.24, 2.45) is 5.92 Å². The lowest BCUT2D eigenvalue weighted by Gasteiger charge is -2.32. The van der Waals surface area contributed by atoms with Crippen molar-refractivity contribution in [3.8, 4) is 0 Å². The molecule has 31 heavy (non-hydrogen) atoms. The Hall–Kier alpha value is -3.15. The number of pyridine rings is 1. The predicted octanol–water partition coefficient (Wildman–Crippen LogP) is 3.97. The minimum Gasteiger partial charge on any atom is -0.466 e. The number of imidazole rings is 1. The molecular weight excluding hydrogens is 390 g/mol. The van der Waals surface area contributed by atoms with Crippen LogP contribution < -0.4 is 0 Å². The van der Waals surface area contributed by atoms with Crippen molar-refractivity contribution in [3.05, 3.63) is 71.7 Å². The summed E-state index contributed by atoms with van der Waals surface area (Å²) in [5.74, 6) is -0.219. The van der Waals surface area contributed by atoms with Gasteiger partial charge in [-0.1, -0.05) is 30.3 Å². The van der Waals surface area contributed by atoms with Gasteiger partial charge in [-0.3, -0.25) is 9.59 Å². The molecule has 1 amide bonds. The molecule has 162 valence electrons. The Labute approximate surface area is 182 Å². The molecule has 6 nitrogen and oxygen atoms in total. The van der Waals surface area contributed by atoms with Gasteiger partial charge in [0, 0.05) is 37.8 Å². The van der Waals surface area contributed by atoms with Gasteiger partial charge >= 0.3 is 5.97 Å². The molecule has 0 N–H and O–H groups in total. The third kappa shape index (κ3) is 4.48. The van der Waals surface area contributed by atoms with Crippen LogP contribution in [0, 0.1) is 12.8 Å². The summed E-state index contributed by atoms with van der Waals surface area (Å²) < 4.78 is 7.22. The zero-order valence-electron chi connectivity index (χ0n) is 18.2. The summed E-state index contributed by atoms with van der Waals surface area (Å²) in [5.41, 5.74) is 4.19. The third-order valence-electron chi connectivity index (χ3n) is 6.21. The number of carbonyl (C=O) groups is 2. The number of carbonyl (C=O) groups excluding carboxylic acids is 2. The molecular formula is C25H29N3O3. The van der Waals surface area contributed by atoms with Crippen LogP contribution in [0.4, 0.5) is 0 Å². The Morgan fingerprint density at radius 2 is 1.87 bits per heavy atom. The zero-order chi connectivity index (χ0) is 21.8. The summed E-state index contributed by atoms with van der Waals surface area (Å²) in [6, 6.07) is 14.1. The molecule has 1 aromatic carbocycles. The second-order valence-corrected chi connectivity index (χ2v) is 8.13. The van der Waals surface area contributed by atoms with Crippen molar-refractivity contribution in [1.82, 2.24) is 14.3 Å². The number of hydrogen-bond acceptors (Lipinski definition) is 4. The standard InChI is InChI=1S/C25H29N3O3/c1-3-31-25(30)19-11-14-27(15-12-19)24(29)16-21(20-9-5-4-8-18(20)2)22-17-26-23-10-6-7-13-28(22)23/h4-10,13,17,19,21H,3,11-12,14-16H2,1-2H3. The van der Waals surface area contributed by atoms with E-state index in [0.717, 1.165) is 22.5 Å². The highest BCUT2D eigenvalue weighted by Crippen LogP contribution is 2.32. The van der Waals surface area contributed by atoms with Crippen molar-refractivity contribution < 1.29 is 14.3 Å². The first kappa shape index (κ1) is 21.1. The van der Waals surface area contributed by atoms with Gasteiger partial charge in [-0.2, -0.15) is 0 Å². The molecule has 0 bridgehead atoms. The summed E-state index contributed by atoms with van der Waals surface area (Å²) in [6.07, 6.45) is 5.58. The van der Waals surface area contributed by atoms with Gasteiger partial charge in [0.05, 0.1) is 18.2 Å². The number of aromatic nitrogens is 2. The highest BCUT2D eigenvalue weighted by molar-refractivity contribution is 5.79. The molecule has 0 aliphatic carbocycles. The van der Waals surface area contributed by atoms with Crippen LogP contribution in [0.3, 0.4) is 0 Å². The number of fused-ring (bicyclic) bond motifs is 1. The average Bonchev–Trinajstić information content (AvgIpc) is 3.22. The second kappa shape index (κ2) is 9.33. The first-order valence-corrected chi connectivity index (χ1v) is 11.0. The number of nitrogens with zero attached hydrogens (tertiary/aromatic N) is 3. The quantitative estimate of drug-likeness (QED) is 0.567. The van der Waals surface area contributed by atoms with Crippen molar-refractivity contribution >= 4 is 17.5 Å². The molecule has 1 fully saturated rings. The summed E-state index contributed by atoms with van der Waals surface area (Å²) in [7, 11) is 0. The monoisotopic (exact) mass is 419 g/mol. The number of benzene rings is 1. The minimum absolute atomic E-state index is 0.0890. The maximum Gasteiger partial charge on any atom is 0.309 e. The van der Waals surface area contributed by atoms with Crippen molar-refractivity contribution in [3.63, 3.8) is 0 Å². The molecule has 1 unspecified atom stereocenters. The van der Waals surface area contributed by atoms with Crippen LogP contribution in [0.2, 0.25) is 0 Å². The number of hydrogen-bond donors (Lipinski definition) is 0. The van der Waals surface area contributed by atoms with Gasteiger partial charge in [-0.15, -0.1) is 0 Å². The molecule has 1 atom stereocenters. The van der Waals surface area contributed by atoms with Gasteiger partial charge in [0.25, 0.3) is 0 Å². The Morgan fingerprint density at radius 1 is 1.13 bits per heavy atom. The maximum absolute atomic E-state index is 13.3. The fourth-order valence-corrected chi connectivity index (χ4v) is 4.49. The Morgan fingerprint density at radius 3 is 2.61 bits per heavy atom. The van der Waals surface area contributed by atoms with E-state index in [1.165, 1.54) is 0 Å². The fourth-order valence-electron chi connectivity index (χ4n) is 4.49. The molecule has 0 spiro atoms. The number of amides is 1. The highest BCUT2D eigenvalue weighted by atomic mass is 16.5. The minimum atomic E-state index is -0.141. The molecule has 2 aromatic heterocycles. The number of piperidine rings is 1. The van der Waals surface area contributed by atoms with Gasteiger partial charge in [-0.25, -0.2) is 4.98 Å². The zero-order valence-corrected chi connectivity index (χ0v) is 18.2. The van der Waals surface area contributed by atoms with E-state index < -0.39 is 0 Å². The van der Waals surface area contributed by atoms with E-state index >= 15 is 0 Å². The van der Waals surface area contributed by atoms with Gasteiger partial charge in [-0.05, 0) is 49.9 Å². The molecule has 6 heteroatoms. The lowest BCUT2D eigenvalue weighted by atomic mass is 9.88. The smallest absolute Gasteiger partial charge is 0.309 e. The van der Waals surface area contributed by atoms with E-state index in [1.54, 1.807) is 0 Å². The van der Waals surface area contributed by atoms with Crippen molar-refractivity contribution in [1.29, 1.82) is 0 Å². The lowest BCUT2D eigenvalue weighted by Crippen LogP contribution is -2.41. The lowest BCUT2D eigenvalue weighted by molar-refractivity contribution is -0.151. The van der Waals surface area contributed by atoms with Crippen LogP contribution in [0.25, 0.3) is 5.65 Å². The van der Waals surface area contributed by atoms with Crippen molar-refractivity contribution in [2.45, 2.75) is 39.0 Å². The Bertz CT molecular complexity index is 1070. The highest BCUT2D eigenvalue weighted by Gasteiger charge is 2.30. The molecule has 4 rings (SSSR count). The maximum atomic E-state index is 13.3. The number of aryl methyl sites for hydroxylation is 1. The molecule has 1 aliphatic rings. The number of rotatable bonds is 6. The average molecular weight is 420 g/mol. The van der Waals surface area contributed by atoms with E-state index in [0.29, 0.717) is 39.0 Å². The van der Waals surface area contributed by atoms with E-state index in [-0.39, 0.29) is 23.7 Å². The van der Waals surface area contributed by atoms with Gasteiger partial charge in [0.1, 0.15) is 5.65 Å². The molecule has 0 radical (unpaired) electrons. The molecule has 3 heterocycles. The van der Waals surface area contributed by atoms with Gasteiger partial charge in [0.2, 0.25) is 5.91 Å². The normalized spacial score (nSPS) is 15.7. The van der Waals surface area contributed by atoms with Crippen LogP contribution in [0.15, 0.2) is 54.9 Å².